The number of nitrogens with one attached hydrogen (secondary N) is 1. The van der Waals surface area contributed by atoms with Crippen LogP contribution in [-0.4, -0.2) is 14.3 Å². The van der Waals surface area contributed by atoms with Gasteiger partial charge in [-0.3, -0.25) is 4.79 Å². The molecule has 5 aromatic carbocycles. The first-order valence-corrected chi connectivity index (χ1v) is 12.6. The van der Waals surface area contributed by atoms with Gasteiger partial charge in [0.25, 0.3) is 5.91 Å². The van der Waals surface area contributed by atoms with Gasteiger partial charge >= 0.3 is 10.1 Å². The van der Waals surface area contributed by atoms with Crippen molar-refractivity contribution in [2.24, 2.45) is 0 Å². The zero-order chi connectivity index (χ0) is 24.6. The Labute approximate surface area is 204 Å². The van der Waals surface area contributed by atoms with E-state index in [4.69, 9.17) is 4.18 Å². The van der Waals surface area contributed by atoms with E-state index in [1.54, 1.807) is 49.4 Å². The fourth-order valence-electron chi connectivity index (χ4n) is 4.14. The molecule has 0 heterocycles. The van der Waals surface area contributed by atoms with Crippen LogP contribution in [0.1, 0.15) is 21.5 Å². The highest BCUT2D eigenvalue weighted by Crippen LogP contribution is 2.33. The summed E-state index contributed by atoms with van der Waals surface area (Å²) in [7, 11) is -4.25. The summed E-state index contributed by atoms with van der Waals surface area (Å²) in [5, 5.41) is 5.76. The fourth-order valence-corrected chi connectivity index (χ4v) is 5.52. The molecule has 0 fully saturated rings. The minimum absolute atomic E-state index is 0.0272. The number of carbonyl (C=O) groups is 1. The first-order chi connectivity index (χ1) is 16.8. The molecule has 0 bridgehead atoms. The Hall–Kier alpha value is -4.16. The Morgan fingerprint density at radius 1 is 0.743 bits per heavy atom. The Morgan fingerprint density at radius 3 is 2.09 bits per heavy atom. The molecule has 0 saturated carbocycles. The molecule has 0 spiro atoms. The van der Waals surface area contributed by atoms with Crippen molar-refractivity contribution < 1.29 is 17.4 Å². The molecular formula is C29H23NO4S. The van der Waals surface area contributed by atoms with E-state index in [1.807, 2.05) is 61.5 Å². The van der Waals surface area contributed by atoms with Gasteiger partial charge in [0, 0.05) is 11.1 Å². The Bertz CT molecular complexity index is 1690. The van der Waals surface area contributed by atoms with E-state index >= 15 is 0 Å². The van der Waals surface area contributed by atoms with E-state index in [2.05, 4.69) is 5.32 Å². The lowest BCUT2D eigenvalue weighted by Gasteiger charge is -2.16. The van der Waals surface area contributed by atoms with Gasteiger partial charge in [-0.05, 0) is 59.8 Å². The van der Waals surface area contributed by atoms with Gasteiger partial charge in [-0.15, -0.1) is 0 Å². The van der Waals surface area contributed by atoms with Crippen LogP contribution in [-0.2, 0) is 10.1 Å². The molecule has 0 atom stereocenters. The molecule has 35 heavy (non-hydrogen) atoms. The summed E-state index contributed by atoms with van der Waals surface area (Å²) in [6, 6.07) is 28.9. The number of anilines is 1. The molecule has 1 amide bonds. The van der Waals surface area contributed by atoms with Gasteiger partial charge in [0.05, 0.1) is 5.56 Å². The summed E-state index contributed by atoms with van der Waals surface area (Å²) in [6.07, 6.45) is 0. The molecule has 0 aliphatic heterocycles. The van der Waals surface area contributed by atoms with Gasteiger partial charge in [0.15, 0.2) is 5.75 Å². The normalized spacial score (nSPS) is 11.5. The summed E-state index contributed by atoms with van der Waals surface area (Å²) in [6.45, 7) is 3.69. The maximum Gasteiger partial charge on any atom is 0.340 e. The molecule has 0 saturated heterocycles. The maximum absolute atomic E-state index is 13.6. The van der Waals surface area contributed by atoms with Gasteiger partial charge in [0.2, 0.25) is 0 Å². The van der Waals surface area contributed by atoms with Crippen LogP contribution in [0.3, 0.4) is 0 Å². The van der Waals surface area contributed by atoms with Gasteiger partial charge in [-0.2, -0.15) is 8.42 Å². The lowest BCUT2D eigenvalue weighted by Crippen LogP contribution is -2.17. The van der Waals surface area contributed by atoms with Crippen LogP contribution in [0.4, 0.5) is 5.69 Å². The standard InChI is InChI=1S/C29H23NO4S/c1-19-11-15-24(16-12-19)30-29(31)26-17-22-8-3-4-9-23(22)18-27(26)34-35(32,33)28-20(2)13-14-21-7-5-6-10-25(21)28/h3-18H,1-2H3,(H,30,31). The topological polar surface area (TPSA) is 72.5 Å². The van der Waals surface area contributed by atoms with Crippen molar-refractivity contribution in [2.45, 2.75) is 18.7 Å². The SMILES string of the molecule is Cc1ccc(NC(=O)c2cc3ccccc3cc2OS(=O)(=O)c2c(C)ccc3ccccc23)cc1. The molecule has 1 N–H and O–H groups in total. The number of carbonyl (C=O) groups excluding carboxylic acids is 1. The third kappa shape index (κ3) is 4.48. The summed E-state index contributed by atoms with van der Waals surface area (Å²) in [5.41, 5.74) is 2.36. The Kier molecular flexibility index (Phi) is 5.75. The third-order valence-corrected chi connectivity index (χ3v) is 7.37. The molecule has 0 aromatic heterocycles. The minimum atomic E-state index is -4.25. The second-order valence-electron chi connectivity index (χ2n) is 8.49. The highest BCUT2D eigenvalue weighted by atomic mass is 32.2. The Balaban J connectivity index is 1.61. The largest absolute Gasteiger partial charge is 0.378 e. The van der Waals surface area contributed by atoms with E-state index in [0.29, 0.717) is 16.6 Å². The molecule has 0 aliphatic carbocycles. The number of amides is 1. The smallest absolute Gasteiger partial charge is 0.340 e. The minimum Gasteiger partial charge on any atom is -0.378 e. The van der Waals surface area contributed by atoms with E-state index in [9.17, 15) is 13.2 Å². The Morgan fingerprint density at radius 2 is 1.37 bits per heavy atom. The van der Waals surface area contributed by atoms with E-state index < -0.39 is 16.0 Å². The van der Waals surface area contributed by atoms with Crippen LogP contribution in [0, 0.1) is 13.8 Å². The average Bonchev–Trinajstić information content (AvgIpc) is 2.84. The highest BCUT2D eigenvalue weighted by molar-refractivity contribution is 7.87. The molecule has 0 aliphatic rings. The average molecular weight is 482 g/mol. The number of benzene rings is 5. The van der Waals surface area contributed by atoms with Crippen LogP contribution in [0.2, 0.25) is 0 Å². The van der Waals surface area contributed by atoms with Crippen LogP contribution < -0.4 is 9.50 Å². The van der Waals surface area contributed by atoms with Crippen LogP contribution in [0.15, 0.2) is 102 Å². The fraction of sp³-hybridized carbons (Fsp3) is 0.0690. The molecule has 5 aromatic rings. The highest BCUT2D eigenvalue weighted by Gasteiger charge is 2.25. The lowest BCUT2D eigenvalue weighted by atomic mass is 10.1. The van der Waals surface area contributed by atoms with Crippen molar-refractivity contribution >= 4 is 43.3 Å². The van der Waals surface area contributed by atoms with Crippen LogP contribution in [0.25, 0.3) is 21.5 Å². The van der Waals surface area contributed by atoms with Gasteiger partial charge < -0.3 is 9.50 Å². The summed E-state index contributed by atoms with van der Waals surface area (Å²) >= 11 is 0. The number of hydrogen-bond donors (Lipinski definition) is 1. The summed E-state index contributed by atoms with van der Waals surface area (Å²) in [5.74, 6) is -0.486. The van der Waals surface area contributed by atoms with E-state index in [0.717, 1.165) is 21.7 Å². The molecule has 5 nitrogen and oxygen atoms in total. The molecule has 0 unspecified atom stereocenters. The van der Waals surface area contributed by atoms with Crippen molar-refractivity contribution in [1.29, 1.82) is 0 Å². The predicted molar refractivity (Wildman–Crippen MR) is 140 cm³/mol. The third-order valence-electron chi connectivity index (χ3n) is 5.93. The monoisotopic (exact) mass is 481 g/mol. The van der Waals surface area contributed by atoms with Crippen molar-refractivity contribution in [3.05, 3.63) is 114 Å². The quantitative estimate of drug-likeness (QED) is 0.286. The van der Waals surface area contributed by atoms with Gasteiger partial charge in [-0.1, -0.05) is 78.4 Å². The number of hydrogen-bond acceptors (Lipinski definition) is 4. The molecule has 0 radical (unpaired) electrons. The van der Waals surface area contributed by atoms with E-state index in [1.165, 1.54) is 0 Å². The van der Waals surface area contributed by atoms with Gasteiger partial charge in [-0.25, -0.2) is 0 Å². The molecular weight excluding hydrogens is 458 g/mol. The maximum atomic E-state index is 13.6. The second-order valence-corrected chi connectivity index (χ2v) is 9.97. The summed E-state index contributed by atoms with van der Waals surface area (Å²) in [4.78, 5) is 13.4. The van der Waals surface area contributed by atoms with Crippen molar-refractivity contribution in [2.75, 3.05) is 5.32 Å². The van der Waals surface area contributed by atoms with Crippen molar-refractivity contribution in [3.63, 3.8) is 0 Å². The van der Waals surface area contributed by atoms with Crippen molar-refractivity contribution in [3.8, 4) is 5.75 Å². The predicted octanol–water partition coefficient (Wildman–Crippen LogP) is 6.63. The van der Waals surface area contributed by atoms with Crippen molar-refractivity contribution in [1.82, 2.24) is 0 Å². The first kappa shape index (κ1) is 22.6. The van der Waals surface area contributed by atoms with Crippen LogP contribution >= 0.6 is 0 Å². The van der Waals surface area contributed by atoms with E-state index in [-0.39, 0.29) is 16.2 Å². The summed E-state index contributed by atoms with van der Waals surface area (Å²) < 4.78 is 32.9. The molecule has 5 rings (SSSR count). The zero-order valence-corrected chi connectivity index (χ0v) is 20.1. The molecule has 174 valence electrons. The lowest BCUT2D eigenvalue weighted by molar-refractivity contribution is 0.102. The second kappa shape index (κ2) is 8.89. The van der Waals surface area contributed by atoms with Crippen LogP contribution in [0.5, 0.6) is 5.75 Å². The van der Waals surface area contributed by atoms with Gasteiger partial charge in [0.1, 0.15) is 4.90 Å². The number of fused-ring (bicyclic) bond motifs is 2. The number of aryl methyl sites for hydroxylation is 2. The first-order valence-electron chi connectivity index (χ1n) is 11.2. The number of rotatable bonds is 5. The zero-order valence-electron chi connectivity index (χ0n) is 19.3. The molecule has 6 heteroatoms.